The monoisotopic (exact) mass is 307 g/mol. The van der Waals surface area contributed by atoms with Crippen molar-refractivity contribution >= 4 is 21.7 Å². The predicted octanol–water partition coefficient (Wildman–Crippen LogP) is 1.05. The highest BCUT2D eigenvalue weighted by Crippen LogP contribution is 2.13. The molecule has 0 unspecified atom stereocenters. The molecule has 6 nitrogen and oxygen atoms in total. The summed E-state index contributed by atoms with van der Waals surface area (Å²) in [5, 5.41) is 2.52. The maximum Gasteiger partial charge on any atom is 0.306 e. The first-order valence-electron chi connectivity index (χ1n) is 6.43. The number of sulfone groups is 1. The van der Waals surface area contributed by atoms with Gasteiger partial charge < -0.3 is 10.1 Å². The number of amides is 1. The van der Waals surface area contributed by atoms with Crippen LogP contribution in [0.3, 0.4) is 0 Å². The number of rotatable bonds is 6. The lowest BCUT2D eigenvalue weighted by atomic mass is 10.2. The molecule has 1 amide bonds. The first-order chi connectivity index (χ1) is 8.74. The highest BCUT2D eigenvalue weighted by molar-refractivity contribution is 7.92. The van der Waals surface area contributed by atoms with Crippen LogP contribution in [0.2, 0.25) is 0 Å². The summed E-state index contributed by atoms with van der Waals surface area (Å²) < 4.78 is 27.0. The smallest absolute Gasteiger partial charge is 0.306 e. The topological polar surface area (TPSA) is 89.5 Å². The molecule has 7 heteroatoms. The lowest BCUT2D eigenvalue weighted by Gasteiger charge is -2.23. The molecule has 0 aliphatic rings. The summed E-state index contributed by atoms with van der Waals surface area (Å²) in [6.07, 6.45) is 1.08. The van der Waals surface area contributed by atoms with Gasteiger partial charge in [-0.3, -0.25) is 9.59 Å². The minimum Gasteiger partial charge on any atom is -0.460 e. The van der Waals surface area contributed by atoms with Gasteiger partial charge in [0.1, 0.15) is 5.60 Å². The SMILES string of the molecule is CC(C)(C)OC(=O)CCC(=O)NCC(C)(C)S(C)(=O)=O. The van der Waals surface area contributed by atoms with Crippen LogP contribution in [-0.4, -0.2) is 43.4 Å². The first kappa shape index (κ1) is 18.9. The number of esters is 1. The molecule has 0 aliphatic carbocycles. The van der Waals surface area contributed by atoms with E-state index < -0.39 is 26.2 Å². The Hall–Kier alpha value is -1.11. The van der Waals surface area contributed by atoms with Gasteiger partial charge in [0.15, 0.2) is 9.84 Å². The van der Waals surface area contributed by atoms with Crippen LogP contribution >= 0.6 is 0 Å². The Labute approximate surface area is 121 Å². The number of carbonyl (C=O) groups excluding carboxylic acids is 2. The molecule has 0 heterocycles. The van der Waals surface area contributed by atoms with Gasteiger partial charge in [0.25, 0.3) is 0 Å². The van der Waals surface area contributed by atoms with Gasteiger partial charge in [0, 0.05) is 19.2 Å². The summed E-state index contributed by atoms with van der Waals surface area (Å²) in [7, 11) is -3.26. The largest absolute Gasteiger partial charge is 0.460 e. The highest BCUT2D eigenvalue weighted by Gasteiger charge is 2.30. The maximum atomic E-state index is 11.6. The molecule has 0 aromatic heterocycles. The molecule has 0 rings (SSSR count). The van der Waals surface area contributed by atoms with Gasteiger partial charge in [-0.15, -0.1) is 0 Å². The Morgan fingerprint density at radius 2 is 1.55 bits per heavy atom. The van der Waals surface area contributed by atoms with E-state index in [0.29, 0.717) is 0 Å². The van der Waals surface area contributed by atoms with Crippen LogP contribution in [0.25, 0.3) is 0 Å². The average Bonchev–Trinajstić information content (AvgIpc) is 2.19. The number of nitrogens with one attached hydrogen (secondary N) is 1. The Morgan fingerprint density at radius 3 is 1.95 bits per heavy atom. The standard InChI is InChI=1S/C13H25NO5S/c1-12(2,3)19-11(16)8-7-10(15)14-9-13(4,5)20(6,17)18/h7-9H2,1-6H3,(H,14,15). The van der Waals surface area contributed by atoms with Gasteiger partial charge in [-0.1, -0.05) is 0 Å². The average molecular weight is 307 g/mol. The van der Waals surface area contributed by atoms with Gasteiger partial charge in [0.2, 0.25) is 5.91 Å². The molecule has 0 atom stereocenters. The molecule has 20 heavy (non-hydrogen) atoms. The lowest BCUT2D eigenvalue weighted by molar-refractivity contribution is -0.155. The van der Waals surface area contributed by atoms with Crippen LogP contribution in [0.15, 0.2) is 0 Å². The molecule has 0 fully saturated rings. The molecule has 1 N–H and O–H groups in total. The van der Waals surface area contributed by atoms with E-state index in [1.165, 1.54) is 13.8 Å². The Balaban J connectivity index is 4.18. The van der Waals surface area contributed by atoms with Crippen molar-refractivity contribution in [2.75, 3.05) is 12.8 Å². The van der Waals surface area contributed by atoms with Crippen molar-refractivity contribution in [3.05, 3.63) is 0 Å². The quantitative estimate of drug-likeness (QED) is 0.741. The van der Waals surface area contributed by atoms with Crippen LogP contribution in [-0.2, 0) is 24.2 Å². The number of ether oxygens (including phenoxy) is 1. The summed E-state index contributed by atoms with van der Waals surface area (Å²) in [6, 6.07) is 0. The molecule has 118 valence electrons. The predicted molar refractivity (Wildman–Crippen MR) is 77.0 cm³/mol. The molecular formula is C13H25NO5S. The summed E-state index contributed by atoms with van der Waals surface area (Å²) >= 11 is 0. The molecule has 0 bridgehead atoms. The highest BCUT2D eigenvalue weighted by atomic mass is 32.2. The zero-order chi connectivity index (χ0) is 16.2. The van der Waals surface area contributed by atoms with E-state index in [0.717, 1.165) is 6.26 Å². The van der Waals surface area contributed by atoms with Crippen molar-refractivity contribution in [3.8, 4) is 0 Å². The second kappa shape index (κ2) is 6.56. The zero-order valence-electron chi connectivity index (χ0n) is 13.1. The van der Waals surface area contributed by atoms with E-state index in [1.807, 2.05) is 0 Å². The van der Waals surface area contributed by atoms with E-state index in [2.05, 4.69) is 5.32 Å². The van der Waals surface area contributed by atoms with Crippen LogP contribution in [0.1, 0.15) is 47.5 Å². The summed E-state index contributed by atoms with van der Waals surface area (Å²) in [5.41, 5.74) is -0.578. The zero-order valence-corrected chi connectivity index (χ0v) is 13.9. The maximum absolute atomic E-state index is 11.6. The van der Waals surface area contributed by atoms with Crippen LogP contribution in [0.4, 0.5) is 0 Å². The Morgan fingerprint density at radius 1 is 1.05 bits per heavy atom. The van der Waals surface area contributed by atoms with Gasteiger partial charge >= 0.3 is 5.97 Å². The molecule has 0 radical (unpaired) electrons. The summed E-state index contributed by atoms with van der Waals surface area (Å²) in [5.74, 6) is -0.817. The van der Waals surface area contributed by atoms with Gasteiger partial charge in [-0.05, 0) is 34.6 Å². The fourth-order valence-corrected chi connectivity index (χ4v) is 1.47. The Bertz CT molecular complexity index is 460. The molecule has 0 saturated carbocycles. The molecule has 0 aliphatic heterocycles. The Kier molecular flexibility index (Phi) is 6.20. The van der Waals surface area contributed by atoms with Crippen molar-refractivity contribution in [2.24, 2.45) is 0 Å². The van der Waals surface area contributed by atoms with E-state index in [-0.39, 0.29) is 25.3 Å². The number of hydrogen-bond donors (Lipinski definition) is 1. The first-order valence-corrected chi connectivity index (χ1v) is 8.32. The third kappa shape index (κ3) is 7.47. The van der Waals surface area contributed by atoms with Crippen LogP contribution < -0.4 is 5.32 Å². The van der Waals surface area contributed by atoms with Crippen molar-refractivity contribution in [3.63, 3.8) is 0 Å². The van der Waals surface area contributed by atoms with Crippen LogP contribution in [0.5, 0.6) is 0 Å². The van der Waals surface area contributed by atoms with Crippen LogP contribution in [0, 0.1) is 0 Å². The second-order valence-electron chi connectivity index (χ2n) is 6.40. The minimum absolute atomic E-state index is 0.0129. The fourth-order valence-electron chi connectivity index (χ4n) is 1.14. The molecular weight excluding hydrogens is 282 g/mol. The normalized spacial score (nSPS) is 12.9. The van der Waals surface area contributed by atoms with Gasteiger partial charge in [0.05, 0.1) is 11.2 Å². The molecule has 0 aromatic carbocycles. The van der Waals surface area contributed by atoms with E-state index in [1.54, 1.807) is 20.8 Å². The summed E-state index contributed by atoms with van der Waals surface area (Å²) in [6.45, 7) is 8.34. The van der Waals surface area contributed by atoms with E-state index in [9.17, 15) is 18.0 Å². The minimum atomic E-state index is -3.26. The van der Waals surface area contributed by atoms with Crippen molar-refractivity contribution in [2.45, 2.75) is 57.8 Å². The number of carbonyl (C=O) groups is 2. The van der Waals surface area contributed by atoms with Crippen molar-refractivity contribution in [1.29, 1.82) is 0 Å². The van der Waals surface area contributed by atoms with Crippen molar-refractivity contribution in [1.82, 2.24) is 5.32 Å². The summed E-state index contributed by atoms with van der Waals surface area (Å²) in [4.78, 5) is 23.0. The van der Waals surface area contributed by atoms with Gasteiger partial charge in [-0.2, -0.15) is 0 Å². The second-order valence-corrected chi connectivity index (χ2v) is 9.04. The fraction of sp³-hybridized carbons (Fsp3) is 0.846. The lowest BCUT2D eigenvalue weighted by Crippen LogP contribution is -2.43. The van der Waals surface area contributed by atoms with Crippen molar-refractivity contribution < 1.29 is 22.7 Å². The molecule has 0 aromatic rings. The molecule has 0 spiro atoms. The number of hydrogen-bond acceptors (Lipinski definition) is 5. The van der Waals surface area contributed by atoms with E-state index in [4.69, 9.17) is 4.74 Å². The van der Waals surface area contributed by atoms with E-state index >= 15 is 0 Å². The molecule has 0 saturated heterocycles. The third-order valence-electron chi connectivity index (χ3n) is 2.69. The van der Waals surface area contributed by atoms with Gasteiger partial charge in [-0.25, -0.2) is 8.42 Å². The third-order valence-corrected chi connectivity index (χ3v) is 4.84.